The number of hydrogen-bond acceptors (Lipinski definition) is 1. The molecule has 4 rings (SSSR count). The molecule has 2 heteroatoms. The van der Waals surface area contributed by atoms with E-state index in [2.05, 4.69) is 80.9 Å². The molecule has 0 spiro atoms. The fraction of sp³-hybridized carbons (Fsp3) is 0.192. The van der Waals surface area contributed by atoms with Gasteiger partial charge in [0, 0.05) is 12.6 Å². The zero-order valence-corrected chi connectivity index (χ0v) is 17.4. The lowest BCUT2D eigenvalue weighted by Gasteiger charge is -2.11. The minimum absolute atomic E-state index is 1.05. The molecule has 28 heavy (non-hydrogen) atoms. The van der Waals surface area contributed by atoms with E-state index >= 15 is 0 Å². The van der Waals surface area contributed by atoms with Gasteiger partial charge in [0.25, 0.3) is 0 Å². The number of fused-ring (bicyclic) bond motifs is 1. The Hall–Kier alpha value is -3.13. The van der Waals surface area contributed by atoms with E-state index in [0.717, 1.165) is 11.3 Å². The highest BCUT2D eigenvalue weighted by Crippen LogP contribution is 2.29. The van der Waals surface area contributed by atoms with Gasteiger partial charge in [-0.3, -0.25) is 0 Å². The topological polar surface area (TPSA) is 17.8 Å². The predicted molar refractivity (Wildman–Crippen MR) is 122 cm³/mol. The number of imidazole rings is 1. The first kappa shape index (κ1) is 19.6. The van der Waals surface area contributed by atoms with E-state index in [1.807, 2.05) is 37.3 Å². The molecule has 2 nitrogen and oxygen atoms in total. The normalized spacial score (nSPS) is 10.9. The van der Waals surface area contributed by atoms with Gasteiger partial charge in [-0.25, -0.2) is 4.98 Å². The van der Waals surface area contributed by atoms with Crippen LogP contribution in [-0.2, 0) is 7.05 Å². The summed E-state index contributed by atoms with van der Waals surface area (Å²) >= 11 is 0. The van der Waals surface area contributed by atoms with Gasteiger partial charge in [0.05, 0.1) is 11.0 Å². The third-order valence-electron chi connectivity index (χ3n) is 4.85. The van der Waals surface area contributed by atoms with Gasteiger partial charge in [0.2, 0.25) is 0 Å². The number of nitrogens with zero attached hydrogens (tertiary/aromatic N) is 2. The number of benzene rings is 3. The molecule has 0 saturated heterocycles. The number of para-hydroxylation sites is 2. The molecule has 0 aliphatic heterocycles. The maximum absolute atomic E-state index is 4.80. The zero-order valence-electron chi connectivity index (χ0n) is 17.4. The molecule has 0 fully saturated rings. The van der Waals surface area contributed by atoms with Crippen molar-refractivity contribution in [1.82, 2.24) is 9.55 Å². The summed E-state index contributed by atoms with van der Waals surface area (Å²) in [4.78, 5) is 4.80. The molecule has 1 aromatic heterocycles. The molecule has 0 unspecified atom stereocenters. The molecule has 0 N–H and O–H groups in total. The van der Waals surface area contributed by atoms with E-state index < -0.39 is 0 Å². The lowest BCUT2D eigenvalue weighted by Crippen LogP contribution is -1.97. The second kappa shape index (κ2) is 8.71. The van der Waals surface area contributed by atoms with Gasteiger partial charge < -0.3 is 4.57 Å². The molecule has 1 heterocycles. The monoisotopic (exact) mass is 368 g/mol. The summed E-state index contributed by atoms with van der Waals surface area (Å²) < 4.78 is 2.18. The van der Waals surface area contributed by atoms with E-state index in [9.17, 15) is 0 Å². The SMILES string of the molecule is CC=Cc1ccccc1.Cc1cc(C)c(-c2nc3ccccc3n2C)c(C)c1. The Morgan fingerprint density at radius 1 is 0.821 bits per heavy atom. The molecule has 3 aromatic carbocycles. The summed E-state index contributed by atoms with van der Waals surface area (Å²) in [5, 5.41) is 0. The van der Waals surface area contributed by atoms with Gasteiger partial charge in [-0.15, -0.1) is 0 Å². The lowest BCUT2D eigenvalue weighted by molar-refractivity contribution is 0.955. The van der Waals surface area contributed by atoms with E-state index in [4.69, 9.17) is 4.98 Å². The van der Waals surface area contributed by atoms with E-state index in [-0.39, 0.29) is 0 Å². The average molecular weight is 369 g/mol. The Labute approximate surface area is 168 Å². The van der Waals surface area contributed by atoms with Gasteiger partial charge in [0.15, 0.2) is 0 Å². The molecule has 4 aromatic rings. The van der Waals surface area contributed by atoms with Gasteiger partial charge in [-0.05, 0) is 56.5 Å². The Morgan fingerprint density at radius 2 is 1.43 bits per heavy atom. The number of aromatic nitrogens is 2. The average Bonchev–Trinajstić information content (AvgIpc) is 2.99. The third-order valence-corrected chi connectivity index (χ3v) is 4.85. The van der Waals surface area contributed by atoms with Crippen LogP contribution in [0, 0.1) is 20.8 Å². The van der Waals surface area contributed by atoms with Crippen LogP contribution >= 0.6 is 0 Å². The van der Waals surface area contributed by atoms with Gasteiger partial charge in [-0.2, -0.15) is 0 Å². The van der Waals surface area contributed by atoms with E-state index in [1.54, 1.807) is 0 Å². The second-order valence-electron chi connectivity index (χ2n) is 7.17. The summed E-state index contributed by atoms with van der Waals surface area (Å²) in [6.07, 6.45) is 4.12. The Kier molecular flexibility index (Phi) is 6.10. The van der Waals surface area contributed by atoms with Crippen LogP contribution in [0.25, 0.3) is 28.5 Å². The van der Waals surface area contributed by atoms with Crippen LogP contribution in [0.1, 0.15) is 29.2 Å². The van der Waals surface area contributed by atoms with Crippen molar-refractivity contribution >= 4 is 17.1 Å². The highest BCUT2D eigenvalue weighted by atomic mass is 15.1. The van der Waals surface area contributed by atoms with E-state index in [0.29, 0.717) is 0 Å². The predicted octanol–water partition coefficient (Wildman–Crippen LogP) is 6.89. The van der Waals surface area contributed by atoms with Crippen LogP contribution in [0.2, 0.25) is 0 Å². The summed E-state index contributed by atoms with van der Waals surface area (Å²) in [6, 6.07) is 23.0. The van der Waals surface area contributed by atoms with Crippen LogP contribution in [0.5, 0.6) is 0 Å². The molecule has 0 bridgehead atoms. The molecule has 0 aliphatic rings. The first-order valence-electron chi connectivity index (χ1n) is 9.68. The van der Waals surface area contributed by atoms with Crippen LogP contribution in [0.4, 0.5) is 0 Å². The van der Waals surface area contributed by atoms with Crippen LogP contribution < -0.4 is 0 Å². The molecular weight excluding hydrogens is 340 g/mol. The quantitative estimate of drug-likeness (QED) is 0.377. The van der Waals surface area contributed by atoms with E-state index in [1.165, 1.54) is 33.3 Å². The smallest absolute Gasteiger partial charge is 0.141 e. The molecular formula is C26H28N2. The Balaban J connectivity index is 0.000000211. The Bertz CT molecular complexity index is 1080. The van der Waals surface area contributed by atoms with Crippen LogP contribution in [0.15, 0.2) is 72.8 Å². The minimum atomic E-state index is 1.05. The number of hydrogen-bond donors (Lipinski definition) is 0. The fourth-order valence-corrected chi connectivity index (χ4v) is 3.66. The summed E-state index contributed by atoms with van der Waals surface area (Å²) in [5.74, 6) is 1.05. The van der Waals surface area contributed by atoms with Gasteiger partial charge in [0.1, 0.15) is 5.82 Å². The van der Waals surface area contributed by atoms with Crippen LogP contribution in [-0.4, -0.2) is 9.55 Å². The largest absolute Gasteiger partial charge is 0.327 e. The number of aryl methyl sites for hydroxylation is 4. The highest BCUT2D eigenvalue weighted by Gasteiger charge is 2.14. The summed E-state index contributed by atoms with van der Waals surface area (Å²) in [5.41, 5.74) is 8.63. The van der Waals surface area contributed by atoms with Crippen molar-refractivity contribution in [2.45, 2.75) is 27.7 Å². The highest BCUT2D eigenvalue weighted by molar-refractivity contribution is 5.82. The van der Waals surface area contributed by atoms with Crippen molar-refractivity contribution in [2.75, 3.05) is 0 Å². The standard InChI is InChI=1S/C17H18N2.C9H10/c1-11-9-12(2)16(13(3)10-11)17-18-14-7-5-6-8-15(14)19(17)4;1-2-6-9-7-4-3-5-8-9/h5-10H,1-4H3;2-8H,1H3. The molecule has 0 saturated carbocycles. The second-order valence-corrected chi connectivity index (χ2v) is 7.17. The fourth-order valence-electron chi connectivity index (χ4n) is 3.66. The Morgan fingerprint density at radius 3 is 2.04 bits per heavy atom. The molecule has 0 atom stereocenters. The van der Waals surface area contributed by atoms with Gasteiger partial charge in [-0.1, -0.05) is 72.3 Å². The maximum Gasteiger partial charge on any atom is 0.141 e. The summed E-state index contributed by atoms with van der Waals surface area (Å²) in [7, 11) is 2.09. The molecule has 0 radical (unpaired) electrons. The lowest BCUT2D eigenvalue weighted by atomic mass is 9.99. The van der Waals surface area contributed by atoms with Crippen molar-refractivity contribution in [3.8, 4) is 11.4 Å². The van der Waals surface area contributed by atoms with Crippen molar-refractivity contribution in [3.63, 3.8) is 0 Å². The van der Waals surface area contributed by atoms with Crippen molar-refractivity contribution in [3.05, 3.63) is 95.1 Å². The zero-order chi connectivity index (χ0) is 20.1. The van der Waals surface area contributed by atoms with Crippen molar-refractivity contribution in [2.24, 2.45) is 7.05 Å². The molecule has 0 aliphatic carbocycles. The summed E-state index contributed by atoms with van der Waals surface area (Å²) in [6.45, 7) is 8.48. The first-order valence-corrected chi connectivity index (χ1v) is 9.68. The van der Waals surface area contributed by atoms with Gasteiger partial charge >= 0.3 is 0 Å². The van der Waals surface area contributed by atoms with Crippen molar-refractivity contribution < 1.29 is 0 Å². The first-order chi connectivity index (χ1) is 13.5. The maximum atomic E-state index is 4.80. The minimum Gasteiger partial charge on any atom is -0.327 e. The molecule has 142 valence electrons. The molecule has 0 amide bonds. The number of allylic oxidation sites excluding steroid dienone is 1. The third kappa shape index (κ3) is 4.23. The van der Waals surface area contributed by atoms with Crippen molar-refractivity contribution in [1.29, 1.82) is 0 Å². The van der Waals surface area contributed by atoms with Crippen LogP contribution in [0.3, 0.4) is 0 Å². The number of rotatable bonds is 2.